The van der Waals surface area contributed by atoms with Crippen molar-refractivity contribution in [1.29, 1.82) is 0 Å². The first-order valence-corrected chi connectivity index (χ1v) is 48.1. The molecule has 0 bridgehead atoms. The van der Waals surface area contributed by atoms with Gasteiger partial charge in [-0.3, -0.25) is 0 Å². The first-order valence-electron chi connectivity index (χ1n) is 48.1. The Kier molecular flexibility index (Phi) is 19.7. The Balaban J connectivity index is 0.0000000965. The van der Waals surface area contributed by atoms with E-state index in [0.717, 1.165) is 70.3 Å². The van der Waals surface area contributed by atoms with Crippen LogP contribution in [0.25, 0.3) is 132 Å². The van der Waals surface area contributed by atoms with Crippen molar-refractivity contribution in [2.24, 2.45) is 0 Å². The van der Waals surface area contributed by atoms with Gasteiger partial charge in [0.15, 0.2) is 0 Å². The minimum absolute atomic E-state index is 0.393. The minimum Gasteiger partial charge on any atom is -0.456 e. The van der Waals surface area contributed by atoms with E-state index in [1.165, 1.54) is 199 Å². The molecule has 0 saturated heterocycles. The molecule has 4 aliphatic rings. The molecular formula is C132H96O4. The number of hydrogen-bond acceptors (Lipinski definition) is 4. The Morgan fingerprint density at radius 3 is 0.816 bits per heavy atom. The van der Waals surface area contributed by atoms with E-state index >= 15 is 0 Å². The van der Waals surface area contributed by atoms with E-state index in [-0.39, 0.29) is 0 Å². The van der Waals surface area contributed by atoms with Gasteiger partial charge < -0.3 is 17.7 Å². The van der Waals surface area contributed by atoms with Crippen LogP contribution in [0.3, 0.4) is 0 Å². The number of fused-ring (bicyclic) bond motifs is 24. The lowest BCUT2D eigenvalue weighted by Gasteiger charge is -2.33. The molecule has 0 unspecified atom stereocenters. The van der Waals surface area contributed by atoms with E-state index in [1.807, 2.05) is 0 Å². The summed E-state index contributed by atoms with van der Waals surface area (Å²) in [6.45, 7) is 8.79. The predicted molar refractivity (Wildman–Crippen MR) is 562 cm³/mol. The molecular weight excluding hydrogens is 1650 g/mol. The van der Waals surface area contributed by atoms with E-state index < -0.39 is 21.7 Å². The average molecular weight is 1750 g/mol. The second-order valence-electron chi connectivity index (χ2n) is 36.8. The monoisotopic (exact) mass is 1740 g/mol. The number of aryl methyl sites for hydroxylation is 4. The molecule has 0 fully saturated rings. The van der Waals surface area contributed by atoms with Gasteiger partial charge in [-0.1, -0.05) is 416 Å². The van der Waals surface area contributed by atoms with Crippen LogP contribution in [0.15, 0.2) is 479 Å². The van der Waals surface area contributed by atoms with Crippen LogP contribution in [0.2, 0.25) is 0 Å². The Bertz CT molecular complexity index is 8350. The van der Waals surface area contributed by atoms with Gasteiger partial charge in [0.1, 0.15) is 44.7 Å². The number of hydrogen-bond donors (Lipinski definition) is 0. The highest BCUT2D eigenvalue weighted by Crippen LogP contribution is 2.63. The highest BCUT2D eigenvalue weighted by atomic mass is 16.3. The summed E-state index contributed by atoms with van der Waals surface area (Å²) in [6.07, 6.45) is 3.96. The molecule has 28 rings (SSSR count). The quantitative estimate of drug-likeness (QED) is 0.122. The van der Waals surface area contributed by atoms with Crippen molar-refractivity contribution in [2.75, 3.05) is 0 Å². The summed E-state index contributed by atoms with van der Waals surface area (Å²) in [5, 5.41) is 9.60. The van der Waals surface area contributed by atoms with Crippen LogP contribution >= 0.6 is 0 Å². The van der Waals surface area contributed by atoms with Gasteiger partial charge in [-0.2, -0.15) is 0 Å². The fourth-order valence-corrected chi connectivity index (χ4v) is 24.1. The third-order valence-corrected chi connectivity index (χ3v) is 30.1. The average Bonchev–Trinajstić information content (AvgIpc) is 1.54. The SMILES string of the molecule is CCc1ccc2c(c1)oc1cc3c(cc12)-c1ccccc1C3(c1ccccc1)c1ccccc1.CCc1ccc2oc3cc4c(cc3c2c1)-c1ccccc1C4(c1ccccc1)c1ccccc1.CCc1cccc2c1oc1cc3c(cc12)-c1ccccc1C3(c1ccccc1)c1ccccc1.CCc1cccc2oc3cc4c(cc3c12)-c1ccccc1C4(c1ccccc1)c1ccccc1. The van der Waals surface area contributed by atoms with Gasteiger partial charge in [0.2, 0.25) is 0 Å². The van der Waals surface area contributed by atoms with Gasteiger partial charge in [0.25, 0.3) is 0 Å². The lowest BCUT2D eigenvalue weighted by Crippen LogP contribution is -2.28. The van der Waals surface area contributed by atoms with E-state index in [2.05, 4.69) is 489 Å². The third kappa shape index (κ3) is 12.2. The molecule has 648 valence electrons. The van der Waals surface area contributed by atoms with Crippen LogP contribution in [-0.2, 0) is 47.3 Å². The molecule has 0 radical (unpaired) electrons. The standard InChI is InChI=1S/4C33H24O/c1-2-22-12-11-18-26-28-20-27-25-17-9-10-19-29(25)33(23-13-5-3-6-14-23,24-15-7-4-8-16-24)30(27)21-31(28)34-32(22)26;1-2-22-12-11-19-30-32(22)27-20-26-25-17-9-10-18-28(25)33(23-13-5-3-6-14-23,24-15-7-4-8-16-24)29(26)21-31(27)34-30;1-2-22-17-18-31-27(19-22)28-20-26-25-15-9-10-16-29(25)33(23-11-5-3-6-12-23,24-13-7-4-8-14-24)30(26)21-32(28)34-31;1-2-22-17-18-26-28-20-27-25-15-9-10-16-29(25)33(23-11-5-3-6-12-23,24-13-7-4-8-14-24)30(27)21-32(28)34-31(26)19-22/h4*3-21H,2H2,1H3. The summed E-state index contributed by atoms with van der Waals surface area (Å²) in [5.74, 6) is 0. The van der Waals surface area contributed by atoms with Gasteiger partial charge in [0, 0.05) is 43.1 Å². The molecule has 4 heterocycles. The highest BCUT2D eigenvalue weighted by molar-refractivity contribution is 6.13. The lowest BCUT2D eigenvalue weighted by molar-refractivity contribution is 0.660. The Morgan fingerprint density at radius 1 is 0.162 bits per heavy atom. The maximum atomic E-state index is 6.56. The Labute approximate surface area is 791 Å². The first-order chi connectivity index (χ1) is 67.2. The summed E-state index contributed by atoms with van der Waals surface area (Å²) >= 11 is 0. The van der Waals surface area contributed by atoms with Crippen molar-refractivity contribution in [2.45, 2.75) is 75.0 Å². The van der Waals surface area contributed by atoms with Crippen molar-refractivity contribution in [3.05, 3.63) is 572 Å². The van der Waals surface area contributed by atoms with Crippen molar-refractivity contribution in [3.63, 3.8) is 0 Å². The van der Waals surface area contributed by atoms with Crippen LogP contribution in [0.5, 0.6) is 0 Å². The second kappa shape index (κ2) is 32.8. The molecule has 24 aromatic rings. The van der Waals surface area contributed by atoms with Crippen molar-refractivity contribution in [1.82, 2.24) is 0 Å². The zero-order valence-corrected chi connectivity index (χ0v) is 76.3. The van der Waals surface area contributed by atoms with Crippen LogP contribution in [-0.4, -0.2) is 0 Å². The second-order valence-corrected chi connectivity index (χ2v) is 36.8. The fraction of sp³-hybridized carbons (Fsp3) is 0.0909. The number of rotatable bonds is 12. The van der Waals surface area contributed by atoms with E-state index in [1.54, 1.807) is 0 Å². The van der Waals surface area contributed by atoms with Crippen LogP contribution in [0.1, 0.15) is 139 Å². The molecule has 0 aliphatic heterocycles. The van der Waals surface area contributed by atoms with Crippen molar-refractivity contribution >= 4 is 87.8 Å². The molecule has 136 heavy (non-hydrogen) atoms. The summed E-state index contributed by atoms with van der Waals surface area (Å²) in [4.78, 5) is 0. The highest BCUT2D eigenvalue weighted by Gasteiger charge is 2.51. The van der Waals surface area contributed by atoms with Crippen molar-refractivity contribution < 1.29 is 17.7 Å². The summed E-state index contributed by atoms with van der Waals surface area (Å²) < 4.78 is 26.0. The number of benzene rings is 20. The smallest absolute Gasteiger partial charge is 0.138 e. The Morgan fingerprint density at radius 2 is 0.441 bits per heavy atom. The zero-order chi connectivity index (χ0) is 90.8. The lowest BCUT2D eigenvalue weighted by atomic mass is 9.67. The van der Waals surface area contributed by atoms with Crippen LogP contribution in [0.4, 0.5) is 0 Å². The van der Waals surface area contributed by atoms with Crippen molar-refractivity contribution in [3.8, 4) is 44.5 Å². The number of para-hydroxylation sites is 1. The summed E-state index contributed by atoms with van der Waals surface area (Å²) in [7, 11) is 0. The molecule has 0 atom stereocenters. The largest absolute Gasteiger partial charge is 0.456 e. The molecule has 0 saturated carbocycles. The topological polar surface area (TPSA) is 52.6 Å². The summed E-state index contributed by atoms with van der Waals surface area (Å²) in [5.41, 5.74) is 42.4. The molecule has 20 aromatic carbocycles. The van der Waals surface area contributed by atoms with Crippen LogP contribution < -0.4 is 0 Å². The maximum absolute atomic E-state index is 6.56. The normalized spacial score (nSPS) is 13.8. The molecule has 4 aromatic heterocycles. The van der Waals surface area contributed by atoms with E-state index in [0.29, 0.717) is 0 Å². The summed E-state index contributed by atoms with van der Waals surface area (Å²) in [6, 6.07) is 168. The van der Waals surface area contributed by atoms with E-state index in [4.69, 9.17) is 17.7 Å². The maximum Gasteiger partial charge on any atom is 0.138 e. The Hall–Kier alpha value is -16.4. The van der Waals surface area contributed by atoms with Crippen LogP contribution in [0, 0.1) is 0 Å². The molecule has 4 heteroatoms. The number of furan rings is 4. The minimum atomic E-state index is -0.394. The van der Waals surface area contributed by atoms with Gasteiger partial charge in [0.05, 0.1) is 21.7 Å². The van der Waals surface area contributed by atoms with Gasteiger partial charge >= 0.3 is 0 Å². The van der Waals surface area contributed by atoms with Gasteiger partial charge in [-0.15, -0.1) is 0 Å². The molecule has 0 spiro atoms. The fourth-order valence-electron chi connectivity index (χ4n) is 24.1. The predicted octanol–water partition coefficient (Wildman–Crippen LogP) is 34.0. The molecule has 4 nitrogen and oxygen atoms in total. The zero-order valence-electron chi connectivity index (χ0n) is 76.3. The molecule has 0 N–H and O–H groups in total. The van der Waals surface area contributed by atoms with Gasteiger partial charge in [-0.05, 0) is 254 Å². The molecule has 4 aliphatic carbocycles. The van der Waals surface area contributed by atoms with Gasteiger partial charge in [-0.25, -0.2) is 0 Å². The third-order valence-electron chi connectivity index (χ3n) is 30.1. The first kappa shape index (κ1) is 81.6. The van der Waals surface area contributed by atoms with E-state index in [9.17, 15) is 0 Å². The molecule has 0 amide bonds.